The van der Waals surface area contributed by atoms with E-state index in [9.17, 15) is 4.79 Å². The standard InChI is InChI=1S/C13H20N4OS/c1-3-15-11-8-14-7-10(17-11)12(18)16-9-13(19-2)5-4-6-13/h7-8H,3-6,9H2,1-2H3,(H,15,17)(H,16,18). The van der Waals surface area contributed by atoms with Gasteiger partial charge >= 0.3 is 0 Å². The molecule has 1 heterocycles. The fourth-order valence-electron chi connectivity index (χ4n) is 2.10. The number of rotatable bonds is 6. The van der Waals surface area contributed by atoms with E-state index in [1.165, 1.54) is 25.5 Å². The summed E-state index contributed by atoms with van der Waals surface area (Å²) in [5.74, 6) is 0.492. The van der Waals surface area contributed by atoms with Crippen molar-refractivity contribution in [1.82, 2.24) is 15.3 Å². The van der Waals surface area contributed by atoms with Crippen molar-refractivity contribution in [2.45, 2.75) is 30.9 Å². The maximum Gasteiger partial charge on any atom is 0.271 e. The molecule has 0 unspecified atom stereocenters. The molecule has 5 nitrogen and oxygen atoms in total. The number of aromatic nitrogens is 2. The van der Waals surface area contributed by atoms with Gasteiger partial charge in [0, 0.05) is 17.8 Å². The first-order valence-electron chi connectivity index (χ1n) is 6.58. The number of hydrogen-bond donors (Lipinski definition) is 2. The summed E-state index contributed by atoms with van der Waals surface area (Å²) in [6.45, 7) is 3.45. The van der Waals surface area contributed by atoms with Crippen molar-refractivity contribution >= 4 is 23.5 Å². The van der Waals surface area contributed by atoms with Gasteiger partial charge in [-0.3, -0.25) is 9.78 Å². The van der Waals surface area contributed by atoms with Gasteiger partial charge in [-0.15, -0.1) is 0 Å². The summed E-state index contributed by atoms with van der Waals surface area (Å²) < 4.78 is 0.238. The fourth-order valence-corrected chi connectivity index (χ4v) is 3.01. The van der Waals surface area contributed by atoms with Crippen molar-refractivity contribution < 1.29 is 4.79 Å². The molecule has 1 saturated carbocycles. The quantitative estimate of drug-likeness (QED) is 0.833. The van der Waals surface area contributed by atoms with Gasteiger partial charge in [-0.2, -0.15) is 11.8 Å². The van der Waals surface area contributed by atoms with Gasteiger partial charge in [0.1, 0.15) is 11.5 Å². The average Bonchev–Trinajstić information content (AvgIpc) is 2.38. The second-order valence-corrected chi connectivity index (χ2v) is 6.02. The van der Waals surface area contributed by atoms with Crippen molar-refractivity contribution in [1.29, 1.82) is 0 Å². The maximum absolute atomic E-state index is 12.1. The van der Waals surface area contributed by atoms with Gasteiger partial charge in [0.25, 0.3) is 5.91 Å². The Morgan fingerprint density at radius 2 is 2.26 bits per heavy atom. The van der Waals surface area contributed by atoms with Crippen molar-refractivity contribution in [3.8, 4) is 0 Å². The van der Waals surface area contributed by atoms with Gasteiger partial charge in [-0.05, 0) is 26.0 Å². The number of hydrogen-bond acceptors (Lipinski definition) is 5. The van der Waals surface area contributed by atoms with Crippen molar-refractivity contribution in [2.75, 3.05) is 24.7 Å². The molecular weight excluding hydrogens is 260 g/mol. The van der Waals surface area contributed by atoms with Crippen LogP contribution < -0.4 is 10.6 Å². The summed E-state index contributed by atoms with van der Waals surface area (Å²) in [7, 11) is 0. The van der Waals surface area contributed by atoms with Crippen LogP contribution in [0.5, 0.6) is 0 Å². The van der Waals surface area contributed by atoms with Crippen LogP contribution >= 0.6 is 11.8 Å². The number of amides is 1. The van der Waals surface area contributed by atoms with E-state index >= 15 is 0 Å². The van der Waals surface area contributed by atoms with Crippen LogP contribution in [0.15, 0.2) is 12.4 Å². The zero-order valence-electron chi connectivity index (χ0n) is 11.4. The van der Waals surface area contributed by atoms with Crippen LogP contribution in [0.1, 0.15) is 36.7 Å². The van der Waals surface area contributed by atoms with Crippen LogP contribution in [0.25, 0.3) is 0 Å². The van der Waals surface area contributed by atoms with Crippen LogP contribution in [-0.4, -0.2) is 40.0 Å². The lowest BCUT2D eigenvalue weighted by molar-refractivity contribution is 0.0938. The van der Waals surface area contributed by atoms with Gasteiger partial charge in [0.15, 0.2) is 0 Å². The molecule has 1 fully saturated rings. The van der Waals surface area contributed by atoms with E-state index in [2.05, 4.69) is 26.9 Å². The molecule has 0 spiro atoms. The van der Waals surface area contributed by atoms with Crippen LogP contribution in [-0.2, 0) is 0 Å². The Hall–Kier alpha value is -1.30. The molecule has 0 atom stereocenters. The number of nitrogens with one attached hydrogen (secondary N) is 2. The normalized spacial score (nSPS) is 16.5. The summed E-state index contributed by atoms with van der Waals surface area (Å²) in [6.07, 6.45) is 8.84. The van der Waals surface area contributed by atoms with Crippen LogP contribution in [0.4, 0.5) is 5.82 Å². The molecule has 1 aliphatic carbocycles. The summed E-state index contributed by atoms with van der Waals surface area (Å²) >= 11 is 1.84. The summed E-state index contributed by atoms with van der Waals surface area (Å²) in [5, 5.41) is 6.02. The average molecular weight is 280 g/mol. The van der Waals surface area contributed by atoms with Gasteiger partial charge in [-0.1, -0.05) is 6.42 Å². The molecule has 0 bridgehead atoms. The molecule has 0 aliphatic heterocycles. The number of anilines is 1. The Morgan fingerprint density at radius 1 is 1.47 bits per heavy atom. The molecule has 0 radical (unpaired) electrons. The topological polar surface area (TPSA) is 66.9 Å². The Morgan fingerprint density at radius 3 is 2.84 bits per heavy atom. The maximum atomic E-state index is 12.1. The Bertz CT molecular complexity index is 443. The lowest BCUT2D eigenvalue weighted by atomic mass is 9.84. The van der Waals surface area contributed by atoms with Crippen molar-refractivity contribution in [2.24, 2.45) is 0 Å². The number of carbonyl (C=O) groups is 1. The molecule has 2 N–H and O–H groups in total. The van der Waals surface area contributed by atoms with Gasteiger partial charge < -0.3 is 10.6 Å². The zero-order chi connectivity index (χ0) is 13.7. The Kier molecular flexibility index (Phi) is 4.63. The zero-order valence-corrected chi connectivity index (χ0v) is 12.2. The van der Waals surface area contributed by atoms with Crippen molar-refractivity contribution in [3.63, 3.8) is 0 Å². The smallest absolute Gasteiger partial charge is 0.271 e. The lowest BCUT2D eigenvalue weighted by Gasteiger charge is -2.40. The number of carbonyl (C=O) groups excluding carboxylic acids is 1. The first kappa shape index (κ1) is 14.1. The molecule has 104 valence electrons. The molecule has 0 saturated heterocycles. The first-order chi connectivity index (χ1) is 9.19. The molecule has 1 aromatic rings. The van der Waals surface area contributed by atoms with Gasteiger partial charge in [-0.25, -0.2) is 4.98 Å². The highest BCUT2D eigenvalue weighted by Gasteiger charge is 2.36. The molecule has 19 heavy (non-hydrogen) atoms. The highest BCUT2D eigenvalue weighted by atomic mass is 32.2. The number of thioether (sulfide) groups is 1. The molecule has 1 aliphatic rings. The predicted octanol–water partition coefficient (Wildman–Crippen LogP) is 1.92. The Balaban J connectivity index is 1.94. The summed E-state index contributed by atoms with van der Waals surface area (Å²) in [5.41, 5.74) is 0.369. The van der Waals surface area contributed by atoms with E-state index < -0.39 is 0 Å². The monoisotopic (exact) mass is 280 g/mol. The minimum absolute atomic E-state index is 0.146. The fraction of sp³-hybridized carbons (Fsp3) is 0.615. The highest BCUT2D eigenvalue weighted by molar-refractivity contribution is 8.00. The van der Waals surface area contributed by atoms with Crippen LogP contribution in [0.3, 0.4) is 0 Å². The minimum atomic E-state index is -0.146. The van der Waals surface area contributed by atoms with Gasteiger partial charge in [0.05, 0.1) is 12.4 Å². The second-order valence-electron chi connectivity index (χ2n) is 4.74. The van der Waals surface area contributed by atoms with E-state index in [0.717, 1.165) is 6.54 Å². The SMILES string of the molecule is CCNc1cncc(C(=O)NCC2(SC)CCC2)n1. The molecule has 2 rings (SSSR count). The third-order valence-electron chi connectivity index (χ3n) is 3.49. The third kappa shape index (κ3) is 3.37. The second kappa shape index (κ2) is 6.23. The third-order valence-corrected chi connectivity index (χ3v) is 4.91. The molecule has 1 amide bonds. The van der Waals surface area contributed by atoms with E-state index in [4.69, 9.17) is 0 Å². The van der Waals surface area contributed by atoms with Crippen LogP contribution in [0, 0.1) is 0 Å². The van der Waals surface area contributed by atoms with Crippen molar-refractivity contribution in [3.05, 3.63) is 18.1 Å². The summed E-state index contributed by atoms with van der Waals surface area (Å²) in [4.78, 5) is 20.3. The van der Waals surface area contributed by atoms with Crippen LogP contribution in [0.2, 0.25) is 0 Å². The minimum Gasteiger partial charge on any atom is -0.369 e. The van der Waals surface area contributed by atoms with Gasteiger partial charge in [0.2, 0.25) is 0 Å². The number of nitrogens with zero attached hydrogens (tertiary/aromatic N) is 2. The molecule has 1 aromatic heterocycles. The first-order valence-corrected chi connectivity index (χ1v) is 7.81. The Labute approximate surface area is 118 Å². The van der Waals surface area contributed by atoms with E-state index in [0.29, 0.717) is 18.1 Å². The summed E-state index contributed by atoms with van der Waals surface area (Å²) in [6, 6.07) is 0. The van der Waals surface area contributed by atoms with E-state index in [-0.39, 0.29) is 10.7 Å². The lowest BCUT2D eigenvalue weighted by Crippen LogP contribution is -2.45. The predicted molar refractivity (Wildman–Crippen MR) is 78.6 cm³/mol. The van der Waals surface area contributed by atoms with E-state index in [1.54, 1.807) is 6.20 Å². The molecule has 0 aromatic carbocycles. The molecule has 6 heteroatoms. The van der Waals surface area contributed by atoms with E-state index in [1.807, 2.05) is 18.7 Å². The largest absolute Gasteiger partial charge is 0.369 e. The molecular formula is C13H20N4OS. The highest BCUT2D eigenvalue weighted by Crippen LogP contribution is 2.42.